The molecule has 1 amide bonds. The molecular formula is C31H30N2O7. The summed E-state index contributed by atoms with van der Waals surface area (Å²) in [4.78, 5) is 31.7. The van der Waals surface area contributed by atoms with Gasteiger partial charge >= 0.3 is 0 Å². The van der Waals surface area contributed by atoms with Crippen molar-refractivity contribution in [1.29, 1.82) is 0 Å². The fourth-order valence-electron chi connectivity index (χ4n) is 5.11. The topological polar surface area (TPSA) is 110 Å². The number of aromatic amines is 1. The number of methoxy groups -OCH3 is 4. The molecule has 0 spiro atoms. The van der Waals surface area contributed by atoms with Crippen molar-refractivity contribution in [3.8, 4) is 23.0 Å². The predicted octanol–water partition coefficient (Wildman–Crippen LogP) is 4.87. The molecule has 2 heterocycles. The lowest BCUT2D eigenvalue weighted by atomic mass is 9.94. The molecule has 0 aliphatic carbocycles. The summed E-state index contributed by atoms with van der Waals surface area (Å²) in [5.74, 6) is 0.557. The van der Waals surface area contributed by atoms with Crippen molar-refractivity contribution in [3.63, 3.8) is 0 Å². The average Bonchev–Trinajstić information content (AvgIpc) is 3.52. The van der Waals surface area contributed by atoms with E-state index < -0.39 is 17.7 Å². The van der Waals surface area contributed by atoms with E-state index in [4.69, 9.17) is 18.9 Å². The molecule has 1 fully saturated rings. The number of amides is 1. The van der Waals surface area contributed by atoms with E-state index in [1.54, 1.807) is 63.8 Å². The molecule has 40 heavy (non-hydrogen) atoms. The van der Waals surface area contributed by atoms with Crippen molar-refractivity contribution in [2.75, 3.05) is 35.0 Å². The number of ether oxygens (including phenoxy) is 4. The molecule has 5 rings (SSSR count). The standard InChI is InChI=1S/C31H30N2O7/c1-37-20-7-5-18(6-8-20)29(34)27-28(23-11-9-22(39-3)16-26(23)40-4)33(31(36)30(27)35)14-13-19-17-32-25-12-10-21(38-2)15-24(19)25/h5-12,15-17,28,32,34H,13-14H2,1-4H3/t28-/m1/s1. The minimum Gasteiger partial charge on any atom is -0.507 e. The number of benzene rings is 3. The van der Waals surface area contributed by atoms with Gasteiger partial charge in [0.15, 0.2) is 0 Å². The van der Waals surface area contributed by atoms with Gasteiger partial charge in [0.25, 0.3) is 11.7 Å². The maximum atomic E-state index is 13.5. The number of nitrogens with zero attached hydrogens (tertiary/aromatic N) is 1. The number of fused-ring (bicyclic) bond motifs is 1. The Labute approximate surface area is 231 Å². The van der Waals surface area contributed by atoms with Crippen LogP contribution in [0.2, 0.25) is 0 Å². The van der Waals surface area contributed by atoms with Crippen LogP contribution in [0.1, 0.15) is 22.7 Å². The number of aliphatic hydroxyl groups is 1. The van der Waals surface area contributed by atoms with E-state index in [-0.39, 0.29) is 17.9 Å². The maximum Gasteiger partial charge on any atom is 0.295 e. The average molecular weight is 543 g/mol. The Morgan fingerprint density at radius 1 is 0.850 bits per heavy atom. The molecule has 1 saturated heterocycles. The molecule has 2 N–H and O–H groups in total. The molecule has 9 nitrogen and oxygen atoms in total. The van der Waals surface area contributed by atoms with Crippen molar-refractivity contribution >= 4 is 28.4 Å². The summed E-state index contributed by atoms with van der Waals surface area (Å²) in [5.41, 5.74) is 2.83. The highest BCUT2D eigenvalue weighted by Gasteiger charge is 2.47. The first-order valence-corrected chi connectivity index (χ1v) is 12.7. The normalized spacial score (nSPS) is 16.4. The second kappa shape index (κ2) is 11.1. The first-order chi connectivity index (χ1) is 19.4. The molecule has 0 radical (unpaired) electrons. The number of hydrogen-bond acceptors (Lipinski definition) is 7. The number of Topliss-reactive ketones (excluding diaryl/α,β-unsaturated/α-hetero) is 1. The monoisotopic (exact) mass is 542 g/mol. The van der Waals surface area contributed by atoms with Crippen LogP contribution in [0.5, 0.6) is 23.0 Å². The molecule has 1 aromatic heterocycles. The number of rotatable bonds is 9. The van der Waals surface area contributed by atoms with E-state index >= 15 is 0 Å². The van der Waals surface area contributed by atoms with Gasteiger partial charge < -0.3 is 33.9 Å². The van der Waals surface area contributed by atoms with Gasteiger partial charge in [0, 0.05) is 40.8 Å². The van der Waals surface area contributed by atoms with Crippen LogP contribution < -0.4 is 18.9 Å². The summed E-state index contributed by atoms with van der Waals surface area (Å²) in [6, 6.07) is 16.7. The summed E-state index contributed by atoms with van der Waals surface area (Å²) in [6.45, 7) is 0.216. The Kier molecular flexibility index (Phi) is 7.37. The number of nitrogens with one attached hydrogen (secondary N) is 1. The Hall–Kier alpha value is -4.92. The van der Waals surface area contributed by atoms with E-state index in [0.29, 0.717) is 34.8 Å². The second-order valence-corrected chi connectivity index (χ2v) is 9.30. The number of aliphatic hydroxyl groups excluding tert-OH is 1. The van der Waals surface area contributed by atoms with Crippen molar-refractivity contribution in [1.82, 2.24) is 9.88 Å². The number of ketones is 1. The molecule has 1 atom stereocenters. The quantitative estimate of drug-likeness (QED) is 0.176. The minimum atomic E-state index is -0.886. The number of carbonyl (C=O) groups is 2. The number of hydrogen-bond donors (Lipinski definition) is 2. The van der Waals surface area contributed by atoms with Crippen LogP contribution >= 0.6 is 0 Å². The number of H-pyrrole nitrogens is 1. The van der Waals surface area contributed by atoms with Gasteiger partial charge in [-0.2, -0.15) is 0 Å². The molecule has 9 heteroatoms. The van der Waals surface area contributed by atoms with E-state index in [2.05, 4.69) is 4.98 Å². The summed E-state index contributed by atoms with van der Waals surface area (Å²) < 4.78 is 21.6. The van der Waals surface area contributed by atoms with Crippen LogP contribution in [0.3, 0.4) is 0 Å². The van der Waals surface area contributed by atoms with Gasteiger partial charge in [-0.05, 0) is 66.6 Å². The zero-order valence-corrected chi connectivity index (χ0v) is 22.7. The third-order valence-corrected chi connectivity index (χ3v) is 7.24. The van der Waals surface area contributed by atoms with Gasteiger partial charge in [0.2, 0.25) is 0 Å². The van der Waals surface area contributed by atoms with Gasteiger partial charge in [-0.1, -0.05) is 0 Å². The third-order valence-electron chi connectivity index (χ3n) is 7.24. The van der Waals surface area contributed by atoms with Crippen LogP contribution in [0.4, 0.5) is 0 Å². The number of likely N-dealkylation sites (tertiary alicyclic amines) is 1. The van der Waals surface area contributed by atoms with Gasteiger partial charge in [-0.25, -0.2) is 0 Å². The van der Waals surface area contributed by atoms with Gasteiger partial charge in [0.05, 0.1) is 40.1 Å². The second-order valence-electron chi connectivity index (χ2n) is 9.30. The summed E-state index contributed by atoms with van der Waals surface area (Å²) >= 11 is 0. The SMILES string of the molecule is COc1ccc(C(O)=C2C(=O)C(=O)N(CCc3c[nH]c4ccc(OC)cc34)[C@@H]2c2ccc(OC)cc2OC)cc1. The molecule has 3 aromatic carbocycles. The Morgan fingerprint density at radius 3 is 2.17 bits per heavy atom. The van der Waals surface area contributed by atoms with Crippen LogP contribution in [-0.2, 0) is 16.0 Å². The first-order valence-electron chi connectivity index (χ1n) is 12.7. The number of aromatic nitrogens is 1. The molecule has 206 valence electrons. The lowest BCUT2D eigenvalue weighted by molar-refractivity contribution is -0.139. The Bertz CT molecular complexity index is 1600. The smallest absolute Gasteiger partial charge is 0.295 e. The number of carbonyl (C=O) groups excluding carboxylic acids is 2. The largest absolute Gasteiger partial charge is 0.507 e. The lowest BCUT2D eigenvalue weighted by Crippen LogP contribution is -2.31. The van der Waals surface area contributed by atoms with Crippen molar-refractivity contribution in [2.24, 2.45) is 0 Å². The highest BCUT2D eigenvalue weighted by molar-refractivity contribution is 6.46. The fraction of sp³-hybridized carbons (Fsp3) is 0.226. The third kappa shape index (κ3) is 4.70. The zero-order valence-electron chi connectivity index (χ0n) is 22.7. The van der Waals surface area contributed by atoms with E-state index in [0.717, 1.165) is 22.2 Å². The first kappa shape index (κ1) is 26.7. The molecule has 0 saturated carbocycles. The van der Waals surface area contributed by atoms with E-state index in [1.807, 2.05) is 24.4 Å². The Morgan fingerprint density at radius 2 is 1.50 bits per heavy atom. The maximum absolute atomic E-state index is 13.5. The molecule has 0 unspecified atom stereocenters. The van der Waals surface area contributed by atoms with Gasteiger partial charge in [0.1, 0.15) is 28.8 Å². The lowest BCUT2D eigenvalue weighted by Gasteiger charge is -2.27. The molecular weight excluding hydrogens is 512 g/mol. The van der Waals surface area contributed by atoms with Crippen LogP contribution in [0, 0.1) is 0 Å². The van der Waals surface area contributed by atoms with Crippen molar-refractivity contribution < 1.29 is 33.6 Å². The van der Waals surface area contributed by atoms with Crippen molar-refractivity contribution in [2.45, 2.75) is 12.5 Å². The predicted molar refractivity (Wildman–Crippen MR) is 150 cm³/mol. The summed E-state index contributed by atoms with van der Waals surface area (Å²) in [5, 5.41) is 12.4. The Balaban J connectivity index is 1.60. The van der Waals surface area contributed by atoms with Crippen LogP contribution in [-0.4, -0.2) is 61.7 Å². The fourth-order valence-corrected chi connectivity index (χ4v) is 5.11. The summed E-state index contributed by atoms with van der Waals surface area (Å²) in [6.07, 6.45) is 2.35. The molecule has 1 aliphatic heterocycles. The van der Waals surface area contributed by atoms with E-state index in [9.17, 15) is 14.7 Å². The highest BCUT2D eigenvalue weighted by atomic mass is 16.5. The van der Waals surface area contributed by atoms with Crippen LogP contribution in [0.25, 0.3) is 16.7 Å². The zero-order chi connectivity index (χ0) is 28.4. The highest BCUT2D eigenvalue weighted by Crippen LogP contribution is 2.44. The summed E-state index contributed by atoms with van der Waals surface area (Å²) in [7, 11) is 6.20. The van der Waals surface area contributed by atoms with Crippen molar-refractivity contribution in [3.05, 3.63) is 89.1 Å². The molecule has 0 bridgehead atoms. The van der Waals surface area contributed by atoms with Crippen LogP contribution in [0.15, 0.2) is 72.4 Å². The van der Waals surface area contributed by atoms with Gasteiger partial charge in [-0.3, -0.25) is 9.59 Å². The molecule has 4 aromatic rings. The van der Waals surface area contributed by atoms with Gasteiger partial charge in [-0.15, -0.1) is 0 Å². The van der Waals surface area contributed by atoms with E-state index in [1.165, 1.54) is 12.0 Å². The minimum absolute atomic E-state index is 0.0146. The molecule has 1 aliphatic rings.